The van der Waals surface area contributed by atoms with Crippen molar-refractivity contribution in [3.8, 4) is 0 Å². The van der Waals surface area contributed by atoms with E-state index in [9.17, 15) is 14.4 Å². The molecule has 6 nitrogen and oxygen atoms in total. The van der Waals surface area contributed by atoms with E-state index in [0.29, 0.717) is 19.3 Å². The van der Waals surface area contributed by atoms with Gasteiger partial charge in [-0.25, -0.2) is 0 Å². The first-order valence-electron chi connectivity index (χ1n) is 33.3. The molecule has 436 valence electrons. The fourth-order valence-corrected chi connectivity index (χ4v) is 10.2. The van der Waals surface area contributed by atoms with E-state index < -0.39 is 6.10 Å². The molecule has 0 saturated carbocycles. The molecule has 0 aliphatic heterocycles. The molecule has 0 bridgehead atoms. The van der Waals surface area contributed by atoms with Crippen molar-refractivity contribution in [1.82, 2.24) is 0 Å². The van der Waals surface area contributed by atoms with Crippen LogP contribution >= 0.6 is 0 Å². The summed E-state index contributed by atoms with van der Waals surface area (Å²) in [5.74, 6) is -0.853. The fraction of sp³-hybridized carbons (Fsp3) is 0.897. The molecule has 0 radical (unpaired) electrons. The fourth-order valence-electron chi connectivity index (χ4n) is 10.2. The van der Waals surface area contributed by atoms with Crippen LogP contribution in [0.1, 0.15) is 374 Å². The van der Waals surface area contributed by atoms with Crippen LogP contribution in [0.25, 0.3) is 0 Å². The second-order valence-electron chi connectivity index (χ2n) is 22.7. The summed E-state index contributed by atoms with van der Waals surface area (Å²) in [6.07, 6.45) is 76.2. The smallest absolute Gasteiger partial charge is 0.306 e. The molecule has 0 spiro atoms. The van der Waals surface area contributed by atoms with Crippen molar-refractivity contribution in [3.05, 3.63) is 24.3 Å². The molecule has 0 saturated heterocycles. The summed E-state index contributed by atoms with van der Waals surface area (Å²) in [4.78, 5) is 38.3. The van der Waals surface area contributed by atoms with E-state index in [1.807, 2.05) is 0 Å². The Morgan fingerprint density at radius 1 is 0.270 bits per heavy atom. The van der Waals surface area contributed by atoms with Gasteiger partial charge in [-0.05, 0) is 51.4 Å². The molecule has 0 aromatic carbocycles. The molecule has 1 atom stereocenters. The van der Waals surface area contributed by atoms with E-state index in [1.54, 1.807) is 0 Å². The van der Waals surface area contributed by atoms with Gasteiger partial charge in [0.2, 0.25) is 0 Å². The lowest BCUT2D eigenvalue weighted by molar-refractivity contribution is -0.167. The monoisotopic (exact) mass is 1040 g/mol. The highest BCUT2D eigenvalue weighted by Gasteiger charge is 2.19. The molecule has 6 heteroatoms. The Labute approximate surface area is 462 Å². The molecule has 0 amide bonds. The topological polar surface area (TPSA) is 78.9 Å². The molecule has 0 fully saturated rings. The maximum atomic E-state index is 12.9. The summed E-state index contributed by atoms with van der Waals surface area (Å²) in [6, 6.07) is 0. The highest BCUT2D eigenvalue weighted by Crippen LogP contribution is 2.18. The second kappa shape index (κ2) is 63.4. The van der Waals surface area contributed by atoms with Crippen molar-refractivity contribution in [2.45, 2.75) is 380 Å². The molecule has 0 aromatic rings. The number of rotatable bonds is 62. The van der Waals surface area contributed by atoms with Crippen LogP contribution in [0.4, 0.5) is 0 Å². The minimum Gasteiger partial charge on any atom is -0.462 e. The SMILES string of the molecule is CCCCCC/C=C\C/C=C\CCCCCCCC(=O)OCC(COC(=O)CCCCCCCCCCCCCCCCCCCCCCCCC)OC(=O)CCCCCCCCCCCCCCCCCCC. The summed E-state index contributed by atoms with van der Waals surface area (Å²) in [5.41, 5.74) is 0. The van der Waals surface area contributed by atoms with Crippen LogP contribution in [0, 0.1) is 0 Å². The third kappa shape index (κ3) is 60.8. The molecule has 0 aliphatic carbocycles. The van der Waals surface area contributed by atoms with Crippen molar-refractivity contribution in [2.75, 3.05) is 13.2 Å². The van der Waals surface area contributed by atoms with E-state index in [0.717, 1.165) is 77.0 Å². The van der Waals surface area contributed by atoms with Crippen LogP contribution in [0.2, 0.25) is 0 Å². The molecule has 1 unspecified atom stereocenters. The second-order valence-corrected chi connectivity index (χ2v) is 22.7. The third-order valence-corrected chi connectivity index (χ3v) is 15.2. The Balaban J connectivity index is 4.28. The van der Waals surface area contributed by atoms with Gasteiger partial charge in [-0.1, -0.05) is 328 Å². The number of carbonyl (C=O) groups excluding carboxylic acids is 3. The first-order chi connectivity index (χ1) is 36.5. The molecular formula is C68H128O6. The van der Waals surface area contributed by atoms with Gasteiger partial charge in [-0.3, -0.25) is 14.4 Å². The Morgan fingerprint density at radius 2 is 0.486 bits per heavy atom. The maximum absolute atomic E-state index is 12.9. The van der Waals surface area contributed by atoms with E-state index in [1.165, 1.54) is 257 Å². The zero-order valence-electron chi connectivity index (χ0n) is 50.1. The summed E-state index contributed by atoms with van der Waals surface area (Å²) >= 11 is 0. The van der Waals surface area contributed by atoms with Crippen molar-refractivity contribution in [3.63, 3.8) is 0 Å². The average Bonchev–Trinajstić information content (AvgIpc) is 3.40. The van der Waals surface area contributed by atoms with Gasteiger partial charge in [0, 0.05) is 19.3 Å². The highest BCUT2D eigenvalue weighted by atomic mass is 16.6. The third-order valence-electron chi connectivity index (χ3n) is 15.2. The minimum atomic E-state index is -0.773. The number of hydrogen-bond donors (Lipinski definition) is 0. The lowest BCUT2D eigenvalue weighted by atomic mass is 10.0. The zero-order chi connectivity index (χ0) is 53.6. The first-order valence-corrected chi connectivity index (χ1v) is 33.3. The molecule has 74 heavy (non-hydrogen) atoms. The molecule has 0 aliphatic rings. The van der Waals surface area contributed by atoms with Crippen LogP contribution in [-0.4, -0.2) is 37.2 Å². The Hall–Kier alpha value is -2.11. The molecule has 0 aromatic heterocycles. The predicted octanol–water partition coefficient (Wildman–Crippen LogP) is 22.6. The Morgan fingerprint density at radius 3 is 0.757 bits per heavy atom. The maximum Gasteiger partial charge on any atom is 0.306 e. The standard InChI is InChI=1S/C68H128O6/c1-4-7-10-13-16-19-22-25-28-31-32-33-34-35-36-38-40-43-46-49-52-55-58-61-67(70)73-64-65(63-72-66(69)60-57-54-51-48-45-42-39-30-27-24-21-18-15-12-9-6-3)74-68(71)62-59-56-53-50-47-44-41-37-29-26-23-20-17-14-11-8-5-2/h21,24,30,39,65H,4-20,22-23,25-29,31-38,40-64H2,1-3H3/b24-21-,39-30-. The summed E-state index contributed by atoms with van der Waals surface area (Å²) in [5, 5.41) is 0. The molecule has 0 rings (SSSR count). The van der Waals surface area contributed by atoms with Gasteiger partial charge in [0.15, 0.2) is 6.10 Å². The summed E-state index contributed by atoms with van der Waals surface area (Å²) in [7, 11) is 0. The van der Waals surface area contributed by atoms with Gasteiger partial charge in [0.1, 0.15) is 13.2 Å². The Kier molecular flexibility index (Phi) is 61.6. The van der Waals surface area contributed by atoms with E-state index >= 15 is 0 Å². The van der Waals surface area contributed by atoms with E-state index in [-0.39, 0.29) is 31.1 Å². The number of carbonyl (C=O) groups is 3. The highest BCUT2D eigenvalue weighted by molar-refractivity contribution is 5.71. The normalized spacial score (nSPS) is 12.1. The van der Waals surface area contributed by atoms with Crippen molar-refractivity contribution in [1.29, 1.82) is 0 Å². The van der Waals surface area contributed by atoms with Crippen LogP contribution in [0.15, 0.2) is 24.3 Å². The van der Waals surface area contributed by atoms with E-state index in [2.05, 4.69) is 45.1 Å². The lowest BCUT2D eigenvalue weighted by Crippen LogP contribution is -2.30. The largest absolute Gasteiger partial charge is 0.462 e. The van der Waals surface area contributed by atoms with E-state index in [4.69, 9.17) is 14.2 Å². The van der Waals surface area contributed by atoms with Gasteiger partial charge < -0.3 is 14.2 Å². The lowest BCUT2D eigenvalue weighted by Gasteiger charge is -2.18. The van der Waals surface area contributed by atoms with Gasteiger partial charge >= 0.3 is 17.9 Å². The molecular weight excluding hydrogens is 913 g/mol. The number of esters is 3. The van der Waals surface area contributed by atoms with Gasteiger partial charge in [0.05, 0.1) is 0 Å². The number of allylic oxidation sites excluding steroid dienone is 4. The number of hydrogen-bond acceptors (Lipinski definition) is 6. The van der Waals surface area contributed by atoms with Crippen molar-refractivity contribution in [2.24, 2.45) is 0 Å². The van der Waals surface area contributed by atoms with Gasteiger partial charge in [0.25, 0.3) is 0 Å². The Bertz CT molecular complexity index is 1190. The predicted molar refractivity (Wildman–Crippen MR) is 321 cm³/mol. The number of ether oxygens (including phenoxy) is 3. The minimum absolute atomic E-state index is 0.0694. The van der Waals surface area contributed by atoms with Gasteiger partial charge in [-0.2, -0.15) is 0 Å². The molecule has 0 N–H and O–H groups in total. The van der Waals surface area contributed by atoms with Crippen LogP contribution < -0.4 is 0 Å². The van der Waals surface area contributed by atoms with Crippen LogP contribution in [0.5, 0.6) is 0 Å². The average molecular weight is 1040 g/mol. The van der Waals surface area contributed by atoms with Crippen LogP contribution in [0.3, 0.4) is 0 Å². The van der Waals surface area contributed by atoms with Gasteiger partial charge in [-0.15, -0.1) is 0 Å². The number of unbranched alkanes of at least 4 members (excludes halogenated alkanes) is 47. The quantitative estimate of drug-likeness (QED) is 0.0261. The summed E-state index contributed by atoms with van der Waals surface area (Å²) in [6.45, 7) is 6.69. The first kappa shape index (κ1) is 71.9. The summed E-state index contributed by atoms with van der Waals surface area (Å²) < 4.78 is 17.0. The van der Waals surface area contributed by atoms with Crippen molar-refractivity contribution < 1.29 is 28.6 Å². The van der Waals surface area contributed by atoms with Crippen LogP contribution in [-0.2, 0) is 28.6 Å². The molecule has 0 heterocycles. The van der Waals surface area contributed by atoms with Crippen molar-refractivity contribution >= 4 is 17.9 Å². The zero-order valence-corrected chi connectivity index (χ0v) is 50.1.